The summed E-state index contributed by atoms with van der Waals surface area (Å²) in [5.74, 6) is -1.39. The summed E-state index contributed by atoms with van der Waals surface area (Å²) in [5, 5.41) is 2.51. The van der Waals surface area contributed by atoms with Crippen molar-refractivity contribution in [2.45, 2.75) is 37.0 Å². The van der Waals surface area contributed by atoms with Gasteiger partial charge in [-0.1, -0.05) is 89.4 Å². The molecule has 7 nitrogen and oxygen atoms in total. The summed E-state index contributed by atoms with van der Waals surface area (Å²) in [6, 6.07) is 21.9. The third kappa shape index (κ3) is 8.98. The second kappa shape index (κ2) is 15.4. The number of nitrogens with one attached hydrogen (secondary N) is 1. The van der Waals surface area contributed by atoms with E-state index < -0.39 is 56.9 Å². The topological polar surface area (TPSA) is 86.8 Å². The predicted molar refractivity (Wildman–Crippen MR) is 177 cm³/mol. The summed E-state index contributed by atoms with van der Waals surface area (Å²) in [7, 11) is -4.62. The van der Waals surface area contributed by atoms with Crippen LogP contribution in [0.2, 0.25) is 15.1 Å². The first-order valence-corrected chi connectivity index (χ1v) is 16.8. The van der Waals surface area contributed by atoms with E-state index in [2.05, 4.69) is 5.32 Å². The number of benzene rings is 4. The number of rotatable bonds is 12. The molecule has 0 aliphatic heterocycles. The molecule has 0 saturated carbocycles. The Labute approximate surface area is 285 Å². The molecule has 4 aromatic carbocycles. The number of anilines is 1. The molecule has 0 aliphatic rings. The minimum absolute atomic E-state index is 0.0460. The molecule has 0 fully saturated rings. The zero-order valence-corrected chi connectivity index (χ0v) is 27.9. The number of alkyl halides is 3. The fourth-order valence-electron chi connectivity index (χ4n) is 4.81. The standard InChI is InChI=1S/C33H29Cl3F3N3O4S/c1-2-40-32(44)30(18-22-9-5-3-6-10-22)41(20-23-13-15-28(35)29(36)17-23)31(43)21-42(47(45,46)25-11-7-4-8-12-25)24-14-16-27(34)26(19-24)33(37,38)39/h3-17,19,30H,2,18,20-21H2,1H3,(H,40,44)/t30-/m0/s1. The molecule has 0 radical (unpaired) electrons. The zero-order valence-electron chi connectivity index (χ0n) is 24.8. The summed E-state index contributed by atoms with van der Waals surface area (Å²) in [6.45, 7) is 0.772. The zero-order chi connectivity index (χ0) is 34.4. The number of carbonyl (C=O) groups excluding carboxylic acids is 2. The lowest BCUT2D eigenvalue weighted by Crippen LogP contribution is -2.53. The van der Waals surface area contributed by atoms with E-state index in [-0.39, 0.29) is 34.5 Å². The third-order valence-corrected chi connectivity index (χ3v) is 9.97. The average Bonchev–Trinajstić information content (AvgIpc) is 3.04. The van der Waals surface area contributed by atoms with Crippen molar-refractivity contribution in [3.05, 3.63) is 129 Å². The Kier molecular flexibility index (Phi) is 11.8. The quantitative estimate of drug-likeness (QED) is 0.163. The first kappa shape index (κ1) is 36.1. The maximum absolute atomic E-state index is 14.4. The maximum atomic E-state index is 14.4. The number of hydrogen-bond donors (Lipinski definition) is 1. The van der Waals surface area contributed by atoms with Crippen LogP contribution in [-0.4, -0.2) is 44.3 Å². The molecule has 14 heteroatoms. The van der Waals surface area contributed by atoms with Crippen LogP contribution in [0, 0.1) is 0 Å². The number of carbonyl (C=O) groups is 2. The first-order chi connectivity index (χ1) is 22.2. The molecule has 0 unspecified atom stereocenters. The molecule has 1 atom stereocenters. The van der Waals surface area contributed by atoms with Gasteiger partial charge in [-0.2, -0.15) is 13.2 Å². The Hall–Kier alpha value is -3.77. The monoisotopic (exact) mass is 725 g/mol. The van der Waals surface area contributed by atoms with Crippen molar-refractivity contribution < 1.29 is 31.2 Å². The Balaban J connectivity index is 1.86. The molecule has 4 aromatic rings. The number of likely N-dealkylation sites (N-methyl/N-ethyl adjacent to an activating group) is 1. The third-order valence-electron chi connectivity index (χ3n) is 7.11. The van der Waals surface area contributed by atoms with Crippen LogP contribution in [0.4, 0.5) is 18.9 Å². The summed E-state index contributed by atoms with van der Waals surface area (Å²) < 4.78 is 70.2. The first-order valence-electron chi connectivity index (χ1n) is 14.2. The van der Waals surface area contributed by atoms with Crippen LogP contribution in [0.5, 0.6) is 0 Å². The summed E-state index contributed by atoms with van der Waals surface area (Å²) in [5.41, 5.74) is -0.559. The minimum Gasteiger partial charge on any atom is -0.355 e. The van der Waals surface area contributed by atoms with Gasteiger partial charge in [-0.25, -0.2) is 8.42 Å². The van der Waals surface area contributed by atoms with Crippen LogP contribution < -0.4 is 9.62 Å². The van der Waals surface area contributed by atoms with Gasteiger partial charge in [-0.15, -0.1) is 0 Å². The van der Waals surface area contributed by atoms with Crippen LogP contribution in [0.3, 0.4) is 0 Å². The average molecular weight is 727 g/mol. The highest BCUT2D eigenvalue weighted by atomic mass is 35.5. The van der Waals surface area contributed by atoms with Crippen molar-refractivity contribution in [2.75, 3.05) is 17.4 Å². The maximum Gasteiger partial charge on any atom is 0.417 e. The molecule has 4 rings (SSSR count). The van der Waals surface area contributed by atoms with Crippen molar-refractivity contribution >= 4 is 62.3 Å². The van der Waals surface area contributed by atoms with Gasteiger partial charge in [0.1, 0.15) is 12.6 Å². The van der Waals surface area contributed by atoms with Crippen LogP contribution >= 0.6 is 34.8 Å². The molecule has 0 aromatic heterocycles. The normalized spacial score (nSPS) is 12.3. The molecule has 0 heterocycles. The molecule has 0 saturated heterocycles. The number of hydrogen-bond acceptors (Lipinski definition) is 4. The molecule has 2 amide bonds. The smallest absolute Gasteiger partial charge is 0.355 e. The molecule has 0 spiro atoms. The van der Waals surface area contributed by atoms with E-state index in [0.717, 1.165) is 12.1 Å². The van der Waals surface area contributed by atoms with Crippen molar-refractivity contribution in [1.82, 2.24) is 10.2 Å². The second-order valence-electron chi connectivity index (χ2n) is 10.4. The van der Waals surface area contributed by atoms with Crippen molar-refractivity contribution in [2.24, 2.45) is 0 Å². The molecule has 0 bridgehead atoms. The van der Waals surface area contributed by atoms with E-state index in [9.17, 15) is 31.2 Å². The highest BCUT2D eigenvalue weighted by Gasteiger charge is 2.37. The van der Waals surface area contributed by atoms with E-state index in [4.69, 9.17) is 34.8 Å². The lowest BCUT2D eigenvalue weighted by atomic mass is 10.0. The SMILES string of the molecule is CCNC(=O)[C@H](Cc1ccccc1)N(Cc1ccc(Cl)c(Cl)c1)C(=O)CN(c1ccc(Cl)c(C(F)(F)F)c1)S(=O)(=O)c1ccccc1. The Bertz CT molecular complexity index is 1830. The summed E-state index contributed by atoms with van der Waals surface area (Å²) >= 11 is 18.2. The summed E-state index contributed by atoms with van der Waals surface area (Å²) in [6.07, 6.45) is -4.87. The largest absolute Gasteiger partial charge is 0.417 e. The number of nitrogens with zero attached hydrogens (tertiary/aromatic N) is 2. The number of halogens is 6. The second-order valence-corrected chi connectivity index (χ2v) is 13.4. The van der Waals surface area contributed by atoms with Crippen molar-refractivity contribution in [1.29, 1.82) is 0 Å². The van der Waals surface area contributed by atoms with Crippen LogP contribution in [-0.2, 0) is 38.8 Å². The van der Waals surface area contributed by atoms with Gasteiger partial charge >= 0.3 is 6.18 Å². The molecule has 0 aliphatic carbocycles. The van der Waals surface area contributed by atoms with E-state index in [0.29, 0.717) is 21.5 Å². The van der Waals surface area contributed by atoms with E-state index in [1.54, 1.807) is 49.4 Å². The molecule has 47 heavy (non-hydrogen) atoms. The van der Waals surface area contributed by atoms with Crippen LogP contribution in [0.15, 0.2) is 102 Å². The van der Waals surface area contributed by atoms with Crippen molar-refractivity contribution in [3.63, 3.8) is 0 Å². The van der Waals surface area contributed by atoms with Gasteiger partial charge in [-0.3, -0.25) is 13.9 Å². The predicted octanol–water partition coefficient (Wildman–Crippen LogP) is 7.64. The number of sulfonamides is 1. The van der Waals surface area contributed by atoms with Gasteiger partial charge in [0.25, 0.3) is 10.0 Å². The Morgan fingerprint density at radius 3 is 2.02 bits per heavy atom. The lowest BCUT2D eigenvalue weighted by molar-refractivity contribution is -0.140. The molecular weight excluding hydrogens is 698 g/mol. The van der Waals surface area contributed by atoms with Gasteiger partial charge in [-0.05, 0) is 60.5 Å². The van der Waals surface area contributed by atoms with E-state index in [1.165, 1.54) is 41.3 Å². The van der Waals surface area contributed by atoms with Gasteiger partial charge in [0.2, 0.25) is 11.8 Å². The van der Waals surface area contributed by atoms with Crippen LogP contribution in [0.25, 0.3) is 0 Å². The van der Waals surface area contributed by atoms with Gasteiger partial charge < -0.3 is 10.2 Å². The van der Waals surface area contributed by atoms with Gasteiger partial charge in [0, 0.05) is 19.5 Å². The van der Waals surface area contributed by atoms with E-state index in [1.807, 2.05) is 0 Å². The fraction of sp³-hybridized carbons (Fsp3) is 0.212. The Morgan fingerprint density at radius 1 is 0.809 bits per heavy atom. The molecule has 248 valence electrons. The molecule has 1 N–H and O–H groups in total. The highest BCUT2D eigenvalue weighted by Crippen LogP contribution is 2.38. The minimum atomic E-state index is -4.92. The van der Waals surface area contributed by atoms with Crippen LogP contribution in [0.1, 0.15) is 23.6 Å². The summed E-state index contributed by atoms with van der Waals surface area (Å²) in [4.78, 5) is 28.8. The van der Waals surface area contributed by atoms with Crippen molar-refractivity contribution in [3.8, 4) is 0 Å². The molecular formula is C33H29Cl3F3N3O4S. The van der Waals surface area contributed by atoms with E-state index >= 15 is 0 Å². The fourth-order valence-corrected chi connectivity index (χ4v) is 6.79. The highest BCUT2D eigenvalue weighted by molar-refractivity contribution is 7.92. The number of amides is 2. The lowest BCUT2D eigenvalue weighted by Gasteiger charge is -2.34. The Morgan fingerprint density at radius 2 is 1.43 bits per heavy atom. The van der Waals surface area contributed by atoms with Gasteiger partial charge in [0.15, 0.2) is 0 Å². The van der Waals surface area contributed by atoms with Gasteiger partial charge in [0.05, 0.1) is 31.2 Å².